The molecule has 168 valence electrons. The zero-order chi connectivity index (χ0) is 23.1. The Hall–Kier alpha value is -3.54. The molecule has 1 heterocycles. The minimum absolute atomic E-state index is 0.0260. The summed E-state index contributed by atoms with van der Waals surface area (Å²) in [6.07, 6.45) is 0. The van der Waals surface area contributed by atoms with Gasteiger partial charge in [0.1, 0.15) is 18.1 Å². The van der Waals surface area contributed by atoms with Crippen LogP contribution in [0.25, 0.3) is 0 Å². The van der Waals surface area contributed by atoms with E-state index >= 15 is 0 Å². The van der Waals surface area contributed by atoms with Gasteiger partial charge in [0.25, 0.3) is 0 Å². The number of carbonyl (C=O) groups is 2. The monoisotopic (exact) mass is 433 g/mol. The highest BCUT2D eigenvalue weighted by Crippen LogP contribution is 2.15. The number of benzene rings is 2. The van der Waals surface area contributed by atoms with Crippen LogP contribution in [0.5, 0.6) is 0 Å². The molecule has 0 aliphatic rings. The van der Waals surface area contributed by atoms with Crippen molar-refractivity contribution < 1.29 is 14.0 Å². The molecule has 0 unspecified atom stereocenters. The van der Waals surface area contributed by atoms with Crippen LogP contribution in [0.2, 0.25) is 0 Å². The predicted molar refractivity (Wildman–Crippen MR) is 126 cm³/mol. The van der Waals surface area contributed by atoms with Gasteiger partial charge in [0.2, 0.25) is 5.91 Å². The number of nitrogens with one attached hydrogen (secondary N) is 1. The van der Waals surface area contributed by atoms with Crippen molar-refractivity contribution >= 4 is 17.6 Å². The van der Waals surface area contributed by atoms with Crippen molar-refractivity contribution in [2.75, 3.05) is 11.9 Å². The van der Waals surface area contributed by atoms with E-state index in [4.69, 9.17) is 4.42 Å². The van der Waals surface area contributed by atoms with Crippen LogP contribution in [0.15, 0.2) is 71.1 Å². The normalized spacial score (nSPS) is 10.8. The highest BCUT2D eigenvalue weighted by atomic mass is 16.3. The summed E-state index contributed by atoms with van der Waals surface area (Å²) >= 11 is 0. The predicted octanol–water partition coefficient (Wildman–Crippen LogP) is 5.37. The molecule has 0 saturated heterocycles. The molecule has 6 nitrogen and oxygen atoms in total. The first-order valence-electron chi connectivity index (χ1n) is 10.8. The fourth-order valence-corrected chi connectivity index (χ4v) is 3.45. The Labute approximate surface area is 189 Å². The van der Waals surface area contributed by atoms with E-state index in [-0.39, 0.29) is 24.5 Å². The smallest absolute Gasteiger partial charge is 0.322 e. The summed E-state index contributed by atoms with van der Waals surface area (Å²) < 4.78 is 5.71. The Morgan fingerprint density at radius 1 is 0.938 bits per heavy atom. The molecule has 0 bridgehead atoms. The largest absolute Gasteiger partial charge is 0.464 e. The van der Waals surface area contributed by atoms with Gasteiger partial charge in [-0.3, -0.25) is 4.79 Å². The molecule has 1 N–H and O–H groups in total. The Kier molecular flexibility index (Phi) is 7.71. The number of amides is 3. The molecule has 3 aromatic rings. The minimum atomic E-state index is -0.299. The van der Waals surface area contributed by atoms with Gasteiger partial charge in [-0.15, -0.1) is 0 Å². The lowest BCUT2D eigenvalue weighted by atomic mass is 10.2. The summed E-state index contributed by atoms with van der Waals surface area (Å²) in [5.41, 5.74) is 2.78. The van der Waals surface area contributed by atoms with Gasteiger partial charge in [-0.1, -0.05) is 42.5 Å². The van der Waals surface area contributed by atoms with E-state index in [1.54, 1.807) is 9.80 Å². The number of aryl methyl sites for hydroxylation is 2. The van der Waals surface area contributed by atoms with E-state index in [1.807, 2.05) is 94.4 Å². The van der Waals surface area contributed by atoms with Crippen LogP contribution < -0.4 is 5.32 Å². The molecular formula is C26H31N3O3. The van der Waals surface area contributed by atoms with Gasteiger partial charge in [0.05, 0.1) is 6.54 Å². The molecule has 0 atom stereocenters. The molecule has 6 heteroatoms. The molecule has 2 aromatic carbocycles. The fourth-order valence-electron chi connectivity index (χ4n) is 3.45. The van der Waals surface area contributed by atoms with Gasteiger partial charge in [-0.2, -0.15) is 0 Å². The first-order valence-corrected chi connectivity index (χ1v) is 10.8. The summed E-state index contributed by atoms with van der Waals surface area (Å²) in [5, 5.41) is 2.91. The number of urea groups is 1. The van der Waals surface area contributed by atoms with E-state index in [1.165, 1.54) is 0 Å². The molecule has 0 saturated carbocycles. The molecular weight excluding hydrogens is 402 g/mol. The Morgan fingerprint density at radius 2 is 1.69 bits per heavy atom. The van der Waals surface area contributed by atoms with E-state index in [9.17, 15) is 9.59 Å². The van der Waals surface area contributed by atoms with E-state index in [0.717, 1.165) is 16.9 Å². The van der Waals surface area contributed by atoms with Crippen LogP contribution in [0.1, 0.15) is 36.5 Å². The van der Waals surface area contributed by atoms with Gasteiger partial charge in [-0.05, 0) is 63.1 Å². The van der Waals surface area contributed by atoms with Crippen LogP contribution in [-0.4, -0.2) is 34.3 Å². The number of hydrogen-bond donors (Lipinski definition) is 1. The van der Waals surface area contributed by atoms with Crippen molar-refractivity contribution in [3.63, 3.8) is 0 Å². The second-order valence-electron chi connectivity index (χ2n) is 8.27. The number of rotatable bonds is 8. The maximum Gasteiger partial charge on any atom is 0.322 e. The number of carbonyl (C=O) groups excluding carboxylic acids is 2. The van der Waals surface area contributed by atoms with Crippen LogP contribution in [0.4, 0.5) is 10.5 Å². The molecule has 0 radical (unpaired) electrons. The van der Waals surface area contributed by atoms with Gasteiger partial charge in [0, 0.05) is 18.3 Å². The van der Waals surface area contributed by atoms with Crippen LogP contribution in [0.3, 0.4) is 0 Å². The summed E-state index contributed by atoms with van der Waals surface area (Å²) in [6, 6.07) is 20.7. The quantitative estimate of drug-likeness (QED) is 0.519. The van der Waals surface area contributed by atoms with Crippen molar-refractivity contribution in [1.82, 2.24) is 9.80 Å². The van der Waals surface area contributed by atoms with Crippen molar-refractivity contribution in [3.05, 3.63) is 89.4 Å². The van der Waals surface area contributed by atoms with Gasteiger partial charge >= 0.3 is 6.03 Å². The average Bonchev–Trinajstić information content (AvgIpc) is 3.16. The first-order chi connectivity index (χ1) is 15.3. The van der Waals surface area contributed by atoms with E-state index < -0.39 is 0 Å². The van der Waals surface area contributed by atoms with Crippen LogP contribution in [-0.2, 0) is 17.9 Å². The number of hydrogen-bond acceptors (Lipinski definition) is 3. The van der Waals surface area contributed by atoms with Gasteiger partial charge < -0.3 is 19.5 Å². The second kappa shape index (κ2) is 10.7. The van der Waals surface area contributed by atoms with E-state index in [0.29, 0.717) is 24.5 Å². The topological polar surface area (TPSA) is 65.8 Å². The van der Waals surface area contributed by atoms with Gasteiger partial charge in [0.15, 0.2) is 0 Å². The highest BCUT2D eigenvalue weighted by Gasteiger charge is 2.24. The molecule has 3 amide bonds. The highest BCUT2D eigenvalue weighted by molar-refractivity contribution is 5.92. The molecule has 1 aromatic heterocycles. The van der Waals surface area contributed by atoms with Crippen molar-refractivity contribution in [2.24, 2.45) is 0 Å². The number of nitrogens with zero attached hydrogens (tertiary/aromatic N) is 2. The maximum atomic E-state index is 13.3. The lowest BCUT2D eigenvalue weighted by Gasteiger charge is -2.30. The molecule has 0 spiro atoms. The van der Waals surface area contributed by atoms with Crippen molar-refractivity contribution in [2.45, 2.75) is 46.8 Å². The lowest BCUT2D eigenvalue weighted by molar-refractivity contribution is -0.133. The Balaban J connectivity index is 1.75. The summed E-state index contributed by atoms with van der Waals surface area (Å²) in [6.45, 7) is 8.40. The summed E-state index contributed by atoms with van der Waals surface area (Å²) in [7, 11) is 0. The Morgan fingerprint density at radius 3 is 2.31 bits per heavy atom. The third-order valence-corrected chi connectivity index (χ3v) is 5.17. The van der Waals surface area contributed by atoms with E-state index in [2.05, 4.69) is 5.32 Å². The molecule has 0 fully saturated rings. The molecule has 0 aliphatic carbocycles. The van der Waals surface area contributed by atoms with Crippen molar-refractivity contribution in [1.29, 1.82) is 0 Å². The van der Waals surface area contributed by atoms with Crippen LogP contribution >= 0.6 is 0 Å². The number of furan rings is 1. The molecule has 3 rings (SSSR count). The van der Waals surface area contributed by atoms with Crippen molar-refractivity contribution in [3.8, 4) is 0 Å². The third-order valence-electron chi connectivity index (χ3n) is 5.17. The average molecular weight is 434 g/mol. The lowest BCUT2D eigenvalue weighted by Crippen LogP contribution is -2.47. The van der Waals surface area contributed by atoms with Crippen LogP contribution in [0, 0.1) is 13.8 Å². The minimum Gasteiger partial charge on any atom is -0.464 e. The molecule has 32 heavy (non-hydrogen) atoms. The second-order valence-corrected chi connectivity index (χ2v) is 8.27. The standard InChI is InChI=1S/C26H31N3O3/c1-19(2)29(26(31)27-23-12-8-9-20(3)15-23)18-25(30)28(16-22-10-6-5-7-11-22)17-24-14-13-21(4)32-24/h5-15,19H,16-18H2,1-4H3,(H,27,31). The summed E-state index contributed by atoms with van der Waals surface area (Å²) in [4.78, 5) is 29.6. The third kappa shape index (κ3) is 6.48. The fraction of sp³-hybridized carbons (Fsp3) is 0.308. The molecule has 0 aliphatic heterocycles. The number of anilines is 1. The first kappa shape index (κ1) is 23.1. The zero-order valence-electron chi connectivity index (χ0n) is 19.2. The summed E-state index contributed by atoms with van der Waals surface area (Å²) in [5.74, 6) is 1.37. The zero-order valence-corrected chi connectivity index (χ0v) is 19.2. The SMILES string of the molecule is Cc1cccc(NC(=O)N(CC(=O)N(Cc2ccccc2)Cc2ccc(C)o2)C(C)C)c1. The maximum absolute atomic E-state index is 13.3. The van der Waals surface area contributed by atoms with Gasteiger partial charge in [-0.25, -0.2) is 4.79 Å². The Bertz CT molecular complexity index is 1040.